The summed E-state index contributed by atoms with van der Waals surface area (Å²) >= 11 is 0. The van der Waals surface area contributed by atoms with Gasteiger partial charge in [-0.2, -0.15) is 0 Å². The van der Waals surface area contributed by atoms with Crippen LogP contribution in [0.2, 0.25) is 0 Å². The van der Waals surface area contributed by atoms with E-state index >= 15 is 0 Å². The van der Waals surface area contributed by atoms with Crippen molar-refractivity contribution in [3.05, 3.63) is 47.5 Å². The standard InChI is InChI=1S/C15H18/c1-4-12-5-6-13-7-8-14(11(2)3)10-15(13)9-12/h5-11H,4H2,1-3H3. The molecule has 0 unspecified atom stereocenters. The second-order valence-corrected chi connectivity index (χ2v) is 4.45. The molecule has 0 aliphatic heterocycles. The van der Waals surface area contributed by atoms with Crippen molar-refractivity contribution in [2.24, 2.45) is 0 Å². The number of fused-ring (bicyclic) bond motifs is 1. The molecule has 78 valence electrons. The van der Waals surface area contributed by atoms with E-state index in [1.807, 2.05) is 0 Å². The van der Waals surface area contributed by atoms with Crippen molar-refractivity contribution in [3.63, 3.8) is 0 Å². The third kappa shape index (κ3) is 2.04. The average Bonchev–Trinajstić information content (AvgIpc) is 2.27. The first-order valence-corrected chi connectivity index (χ1v) is 5.73. The van der Waals surface area contributed by atoms with E-state index in [0.29, 0.717) is 5.92 Å². The normalized spacial score (nSPS) is 11.2. The third-order valence-electron chi connectivity index (χ3n) is 3.00. The molecule has 0 spiro atoms. The summed E-state index contributed by atoms with van der Waals surface area (Å²) in [6.45, 7) is 6.68. The molecule has 0 fully saturated rings. The highest BCUT2D eigenvalue weighted by molar-refractivity contribution is 5.83. The Labute approximate surface area is 91.9 Å². The Kier molecular flexibility index (Phi) is 2.77. The Hall–Kier alpha value is -1.30. The smallest absolute Gasteiger partial charge is 0.0178 e. The Bertz CT molecular complexity index is 466. The maximum absolute atomic E-state index is 2.32. The number of rotatable bonds is 2. The lowest BCUT2D eigenvalue weighted by Crippen LogP contribution is -1.87. The first-order valence-electron chi connectivity index (χ1n) is 5.73. The topological polar surface area (TPSA) is 0 Å². The zero-order valence-corrected chi connectivity index (χ0v) is 9.75. The van der Waals surface area contributed by atoms with E-state index in [-0.39, 0.29) is 0 Å². The molecule has 2 aromatic carbocycles. The van der Waals surface area contributed by atoms with Crippen LogP contribution in [0.25, 0.3) is 10.8 Å². The van der Waals surface area contributed by atoms with Gasteiger partial charge in [0.2, 0.25) is 0 Å². The van der Waals surface area contributed by atoms with E-state index < -0.39 is 0 Å². The fraction of sp³-hybridized carbons (Fsp3) is 0.333. The SMILES string of the molecule is CCc1ccc2ccc(C(C)C)cc2c1. The Morgan fingerprint density at radius 1 is 0.933 bits per heavy atom. The van der Waals surface area contributed by atoms with Gasteiger partial charge in [0.05, 0.1) is 0 Å². The lowest BCUT2D eigenvalue weighted by molar-refractivity contribution is 0.869. The molecule has 0 saturated heterocycles. The molecule has 0 atom stereocenters. The molecule has 0 nitrogen and oxygen atoms in total. The molecule has 0 saturated carbocycles. The summed E-state index contributed by atoms with van der Waals surface area (Å²) in [5.41, 5.74) is 2.85. The molecular formula is C15H18. The van der Waals surface area contributed by atoms with E-state index in [1.165, 1.54) is 21.9 Å². The molecule has 15 heavy (non-hydrogen) atoms. The number of hydrogen-bond donors (Lipinski definition) is 0. The first-order chi connectivity index (χ1) is 7.20. The van der Waals surface area contributed by atoms with Crippen molar-refractivity contribution < 1.29 is 0 Å². The Morgan fingerprint density at radius 3 is 2.33 bits per heavy atom. The van der Waals surface area contributed by atoms with Crippen molar-refractivity contribution in [2.45, 2.75) is 33.1 Å². The monoisotopic (exact) mass is 198 g/mol. The molecule has 0 aromatic heterocycles. The summed E-state index contributed by atoms with van der Waals surface area (Å²) in [6.07, 6.45) is 1.11. The second-order valence-electron chi connectivity index (χ2n) is 4.45. The van der Waals surface area contributed by atoms with Crippen LogP contribution in [0.5, 0.6) is 0 Å². The third-order valence-corrected chi connectivity index (χ3v) is 3.00. The van der Waals surface area contributed by atoms with E-state index in [9.17, 15) is 0 Å². The van der Waals surface area contributed by atoms with Gasteiger partial charge in [0.25, 0.3) is 0 Å². The summed E-state index contributed by atoms with van der Waals surface area (Å²) in [5.74, 6) is 0.611. The van der Waals surface area contributed by atoms with E-state index in [4.69, 9.17) is 0 Å². The van der Waals surface area contributed by atoms with Crippen LogP contribution in [0, 0.1) is 0 Å². The fourth-order valence-electron chi connectivity index (χ4n) is 1.89. The predicted octanol–water partition coefficient (Wildman–Crippen LogP) is 4.53. The van der Waals surface area contributed by atoms with Crippen LogP contribution in [0.15, 0.2) is 36.4 Å². The Balaban J connectivity index is 2.57. The molecule has 0 radical (unpaired) electrons. The number of benzene rings is 2. The molecule has 0 N–H and O–H groups in total. The molecule has 0 heteroatoms. The summed E-state index contributed by atoms with van der Waals surface area (Å²) in [5, 5.41) is 2.72. The lowest BCUT2D eigenvalue weighted by Gasteiger charge is -2.07. The van der Waals surface area contributed by atoms with Gasteiger partial charge in [0, 0.05) is 0 Å². The maximum Gasteiger partial charge on any atom is -0.0178 e. The highest BCUT2D eigenvalue weighted by atomic mass is 14.1. The summed E-state index contributed by atoms with van der Waals surface area (Å²) in [4.78, 5) is 0. The van der Waals surface area contributed by atoms with Crippen LogP contribution >= 0.6 is 0 Å². The van der Waals surface area contributed by atoms with Crippen molar-refractivity contribution in [3.8, 4) is 0 Å². The molecule has 2 aromatic rings. The Morgan fingerprint density at radius 2 is 1.67 bits per heavy atom. The summed E-state index contributed by atoms with van der Waals surface area (Å²) in [6, 6.07) is 13.5. The molecule has 0 bridgehead atoms. The maximum atomic E-state index is 2.32. The van der Waals surface area contributed by atoms with Gasteiger partial charge in [-0.3, -0.25) is 0 Å². The van der Waals surface area contributed by atoms with Gasteiger partial charge in [0.1, 0.15) is 0 Å². The first kappa shape index (κ1) is 10.2. The fourth-order valence-corrected chi connectivity index (χ4v) is 1.89. The van der Waals surface area contributed by atoms with Crippen LogP contribution in [0.4, 0.5) is 0 Å². The van der Waals surface area contributed by atoms with E-state index in [1.54, 1.807) is 0 Å². The zero-order valence-electron chi connectivity index (χ0n) is 9.75. The minimum Gasteiger partial charge on any atom is -0.0613 e. The lowest BCUT2D eigenvalue weighted by atomic mass is 9.98. The van der Waals surface area contributed by atoms with Crippen molar-refractivity contribution >= 4 is 10.8 Å². The van der Waals surface area contributed by atoms with Crippen LogP contribution < -0.4 is 0 Å². The van der Waals surface area contributed by atoms with Crippen molar-refractivity contribution in [1.82, 2.24) is 0 Å². The van der Waals surface area contributed by atoms with E-state index in [2.05, 4.69) is 57.2 Å². The molecule has 0 aliphatic carbocycles. The molecule has 0 heterocycles. The van der Waals surface area contributed by atoms with Crippen LogP contribution in [0.1, 0.15) is 37.8 Å². The van der Waals surface area contributed by atoms with Crippen molar-refractivity contribution in [1.29, 1.82) is 0 Å². The van der Waals surface area contributed by atoms with Crippen LogP contribution in [-0.4, -0.2) is 0 Å². The highest BCUT2D eigenvalue weighted by Gasteiger charge is 2.01. The number of hydrogen-bond acceptors (Lipinski definition) is 0. The van der Waals surface area contributed by atoms with Gasteiger partial charge < -0.3 is 0 Å². The highest BCUT2D eigenvalue weighted by Crippen LogP contribution is 2.22. The van der Waals surface area contributed by atoms with Gasteiger partial charge in [-0.1, -0.05) is 57.2 Å². The summed E-state index contributed by atoms with van der Waals surface area (Å²) in [7, 11) is 0. The molecule has 0 aliphatic rings. The minimum atomic E-state index is 0.611. The van der Waals surface area contributed by atoms with Crippen LogP contribution in [0.3, 0.4) is 0 Å². The molecule has 2 rings (SSSR count). The van der Waals surface area contributed by atoms with Crippen molar-refractivity contribution in [2.75, 3.05) is 0 Å². The van der Waals surface area contributed by atoms with Gasteiger partial charge in [0.15, 0.2) is 0 Å². The molecular weight excluding hydrogens is 180 g/mol. The molecule has 0 amide bonds. The zero-order chi connectivity index (χ0) is 10.8. The van der Waals surface area contributed by atoms with Gasteiger partial charge in [-0.25, -0.2) is 0 Å². The van der Waals surface area contributed by atoms with Crippen LogP contribution in [-0.2, 0) is 6.42 Å². The van der Waals surface area contributed by atoms with Gasteiger partial charge >= 0.3 is 0 Å². The summed E-state index contributed by atoms with van der Waals surface area (Å²) < 4.78 is 0. The quantitative estimate of drug-likeness (QED) is 0.665. The second kappa shape index (κ2) is 4.06. The van der Waals surface area contributed by atoms with Gasteiger partial charge in [-0.15, -0.1) is 0 Å². The van der Waals surface area contributed by atoms with E-state index in [0.717, 1.165) is 6.42 Å². The predicted molar refractivity (Wildman–Crippen MR) is 67.4 cm³/mol. The average molecular weight is 198 g/mol. The van der Waals surface area contributed by atoms with Gasteiger partial charge in [-0.05, 0) is 34.2 Å². The minimum absolute atomic E-state index is 0.611. The number of aryl methyl sites for hydroxylation is 1. The largest absolute Gasteiger partial charge is 0.0613 e.